The fourth-order valence-electron chi connectivity index (χ4n) is 2.45. The standard InChI is InChI=1S/3C6H6O.C4H7.Sn/c3*7-6-4-2-1-3-5-6;1-3-4-2;/h3*1-5,7H;3-4H,1H2,2H3;/q;;;;+3/p-3. The summed E-state index contributed by atoms with van der Waals surface area (Å²) in [5, 5.41) is 0. The van der Waals surface area contributed by atoms with Gasteiger partial charge in [-0.05, 0) is 0 Å². The zero-order chi connectivity index (χ0) is 18.1. The number of benzene rings is 3. The molecule has 0 unspecified atom stereocenters. The second-order valence-electron chi connectivity index (χ2n) is 5.70. The third-order valence-corrected chi connectivity index (χ3v) is 10.4. The first kappa shape index (κ1) is 18.4. The molecule has 4 heteroatoms. The Morgan fingerprint density at radius 1 is 0.615 bits per heavy atom. The predicted molar refractivity (Wildman–Crippen MR) is 107 cm³/mol. The molecule has 0 heterocycles. The Labute approximate surface area is 160 Å². The van der Waals surface area contributed by atoms with Crippen LogP contribution in [-0.4, -0.2) is 19.6 Å². The van der Waals surface area contributed by atoms with E-state index in [0.29, 0.717) is 4.44 Å². The molecule has 0 atom stereocenters. The van der Waals surface area contributed by atoms with Crippen LogP contribution in [0, 0.1) is 0 Å². The zero-order valence-corrected chi connectivity index (χ0v) is 17.6. The van der Waals surface area contributed by atoms with Crippen LogP contribution in [0.5, 0.6) is 17.2 Å². The molecule has 3 rings (SSSR count). The molecular formula is C22H22O3Sn. The van der Waals surface area contributed by atoms with Crippen LogP contribution >= 0.6 is 0 Å². The molecule has 132 valence electrons. The number of rotatable bonds is 8. The van der Waals surface area contributed by atoms with Crippen LogP contribution < -0.4 is 9.22 Å². The van der Waals surface area contributed by atoms with Gasteiger partial charge in [-0.1, -0.05) is 0 Å². The third kappa shape index (κ3) is 5.30. The summed E-state index contributed by atoms with van der Waals surface area (Å²) in [6.45, 7) is 1.99. The third-order valence-electron chi connectivity index (χ3n) is 3.65. The summed E-state index contributed by atoms with van der Waals surface area (Å²) >= 11 is -4.05. The fourth-order valence-corrected chi connectivity index (χ4v) is 9.26. The van der Waals surface area contributed by atoms with Crippen LogP contribution in [0.15, 0.2) is 103 Å². The molecule has 0 saturated carbocycles. The van der Waals surface area contributed by atoms with Gasteiger partial charge in [0.05, 0.1) is 0 Å². The number of hydrogen-bond donors (Lipinski definition) is 0. The SMILES string of the molecule is CC=C[CH2][Sn]([O]c1ccccc1)([O]c1ccccc1)[O]c1ccccc1. The molecule has 0 radical (unpaired) electrons. The molecule has 0 N–H and O–H groups in total. The molecule has 0 fully saturated rings. The Morgan fingerprint density at radius 3 is 1.27 bits per heavy atom. The summed E-state index contributed by atoms with van der Waals surface area (Å²) < 4.78 is 19.9. The molecule has 0 aromatic heterocycles. The normalized spacial score (nSPS) is 11.3. The van der Waals surface area contributed by atoms with E-state index in [9.17, 15) is 0 Å². The van der Waals surface area contributed by atoms with Gasteiger partial charge in [-0.2, -0.15) is 0 Å². The van der Waals surface area contributed by atoms with Crippen LogP contribution in [0.2, 0.25) is 4.44 Å². The Hall–Kier alpha value is -2.40. The summed E-state index contributed by atoms with van der Waals surface area (Å²) in [6.07, 6.45) is 4.06. The second-order valence-corrected chi connectivity index (χ2v) is 12.5. The monoisotopic (exact) mass is 454 g/mol. The van der Waals surface area contributed by atoms with Gasteiger partial charge in [0.1, 0.15) is 0 Å². The first-order valence-electron chi connectivity index (χ1n) is 8.63. The van der Waals surface area contributed by atoms with Crippen molar-refractivity contribution in [3.63, 3.8) is 0 Å². The van der Waals surface area contributed by atoms with E-state index in [1.165, 1.54) is 0 Å². The predicted octanol–water partition coefficient (Wildman–Crippen LogP) is 5.74. The number of allylic oxidation sites excluding steroid dienone is 2. The fraction of sp³-hybridized carbons (Fsp3) is 0.0909. The van der Waals surface area contributed by atoms with Crippen molar-refractivity contribution in [2.24, 2.45) is 0 Å². The molecule has 26 heavy (non-hydrogen) atoms. The van der Waals surface area contributed by atoms with Crippen LogP contribution in [0.4, 0.5) is 0 Å². The Kier molecular flexibility index (Phi) is 6.61. The summed E-state index contributed by atoms with van der Waals surface area (Å²) in [4.78, 5) is 0. The van der Waals surface area contributed by atoms with Crippen LogP contribution in [0.25, 0.3) is 0 Å². The molecular weight excluding hydrogens is 431 g/mol. The van der Waals surface area contributed by atoms with Crippen molar-refractivity contribution in [2.75, 3.05) is 0 Å². The van der Waals surface area contributed by atoms with Gasteiger partial charge in [0.25, 0.3) is 0 Å². The van der Waals surface area contributed by atoms with Crippen molar-refractivity contribution >= 4 is 19.6 Å². The van der Waals surface area contributed by atoms with Gasteiger partial charge >= 0.3 is 161 Å². The topological polar surface area (TPSA) is 27.7 Å². The molecule has 3 aromatic carbocycles. The minimum absolute atomic E-state index is 0.629. The summed E-state index contributed by atoms with van der Waals surface area (Å²) in [6, 6.07) is 29.2. The van der Waals surface area contributed by atoms with E-state index in [0.717, 1.165) is 17.2 Å². The van der Waals surface area contributed by atoms with Gasteiger partial charge in [0.15, 0.2) is 0 Å². The molecule has 0 aliphatic carbocycles. The van der Waals surface area contributed by atoms with E-state index < -0.39 is 19.6 Å². The zero-order valence-electron chi connectivity index (χ0n) is 14.7. The van der Waals surface area contributed by atoms with E-state index >= 15 is 0 Å². The van der Waals surface area contributed by atoms with E-state index in [1.54, 1.807) is 0 Å². The molecule has 0 spiro atoms. The maximum absolute atomic E-state index is 6.43. The first-order chi connectivity index (χ1) is 12.8. The van der Waals surface area contributed by atoms with E-state index in [-0.39, 0.29) is 0 Å². The van der Waals surface area contributed by atoms with Gasteiger partial charge < -0.3 is 0 Å². The minimum atomic E-state index is -4.05. The summed E-state index contributed by atoms with van der Waals surface area (Å²) in [5.74, 6) is 2.29. The van der Waals surface area contributed by atoms with Gasteiger partial charge in [0, 0.05) is 0 Å². The summed E-state index contributed by atoms with van der Waals surface area (Å²) in [7, 11) is 0. The Balaban J connectivity index is 1.97. The molecule has 3 aromatic rings. The molecule has 0 bridgehead atoms. The van der Waals surface area contributed by atoms with Gasteiger partial charge in [0.2, 0.25) is 0 Å². The van der Waals surface area contributed by atoms with Crippen LogP contribution in [-0.2, 0) is 0 Å². The molecule has 0 amide bonds. The maximum atomic E-state index is 6.43. The second kappa shape index (κ2) is 9.34. The molecule has 3 nitrogen and oxygen atoms in total. The van der Waals surface area contributed by atoms with Crippen LogP contribution in [0.1, 0.15) is 6.92 Å². The quantitative estimate of drug-likeness (QED) is 0.322. The summed E-state index contributed by atoms with van der Waals surface area (Å²) in [5.41, 5.74) is 0. The Morgan fingerprint density at radius 2 is 0.962 bits per heavy atom. The van der Waals surface area contributed by atoms with Crippen molar-refractivity contribution < 1.29 is 9.22 Å². The number of para-hydroxylation sites is 3. The average Bonchev–Trinajstić information content (AvgIpc) is 2.69. The van der Waals surface area contributed by atoms with E-state index in [4.69, 9.17) is 9.22 Å². The van der Waals surface area contributed by atoms with E-state index in [2.05, 4.69) is 6.08 Å². The van der Waals surface area contributed by atoms with Gasteiger partial charge in [-0.15, -0.1) is 0 Å². The van der Waals surface area contributed by atoms with Crippen molar-refractivity contribution in [2.45, 2.75) is 11.4 Å². The Bertz CT molecular complexity index is 703. The first-order valence-corrected chi connectivity index (χ1v) is 14.1. The van der Waals surface area contributed by atoms with Crippen molar-refractivity contribution in [3.8, 4) is 17.2 Å². The van der Waals surface area contributed by atoms with E-state index in [1.807, 2.05) is 104 Å². The van der Waals surface area contributed by atoms with Gasteiger partial charge in [-0.3, -0.25) is 0 Å². The van der Waals surface area contributed by atoms with Crippen LogP contribution in [0.3, 0.4) is 0 Å². The van der Waals surface area contributed by atoms with Crippen molar-refractivity contribution in [3.05, 3.63) is 103 Å². The molecule has 0 aliphatic rings. The average molecular weight is 453 g/mol. The molecule has 0 saturated heterocycles. The van der Waals surface area contributed by atoms with Crippen molar-refractivity contribution in [1.82, 2.24) is 0 Å². The van der Waals surface area contributed by atoms with Gasteiger partial charge in [-0.25, -0.2) is 0 Å². The molecule has 0 aliphatic heterocycles. The van der Waals surface area contributed by atoms with Crippen molar-refractivity contribution in [1.29, 1.82) is 0 Å². The number of hydrogen-bond acceptors (Lipinski definition) is 3.